The molecular formula is C23H30N2O3. The number of nitrogens with one attached hydrogen (secondary N) is 2. The topological polar surface area (TPSA) is 67.4 Å². The van der Waals surface area contributed by atoms with Gasteiger partial charge in [0.05, 0.1) is 6.61 Å². The molecule has 2 rings (SSSR count). The third-order valence-corrected chi connectivity index (χ3v) is 4.08. The monoisotopic (exact) mass is 382 g/mol. The summed E-state index contributed by atoms with van der Waals surface area (Å²) >= 11 is 0. The van der Waals surface area contributed by atoms with Crippen LogP contribution in [0.3, 0.4) is 0 Å². The van der Waals surface area contributed by atoms with Crippen LogP contribution in [-0.4, -0.2) is 18.4 Å². The first-order valence-corrected chi connectivity index (χ1v) is 9.77. The average molecular weight is 383 g/mol. The Kier molecular flexibility index (Phi) is 8.05. The summed E-state index contributed by atoms with van der Waals surface area (Å²) in [7, 11) is 0. The minimum atomic E-state index is -0.203. The van der Waals surface area contributed by atoms with Crippen molar-refractivity contribution in [2.45, 2.75) is 40.5 Å². The maximum atomic E-state index is 12.5. The highest BCUT2D eigenvalue weighted by atomic mass is 16.5. The summed E-state index contributed by atoms with van der Waals surface area (Å²) in [6.45, 7) is 8.93. The summed E-state index contributed by atoms with van der Waals surface area (Å²) in [4.78, 5) is 24.3. The summed E-state index contributed by atoms with van der Waals surface area (Å²) < 4.78 is 5.72. The van der Waals surface area contributed by atoms with Crippen molar-refractivity contribution in [3.63, 3.8) is 0 Å². The van der Waals surface area contributed by atoms with Gasteiger partial charge in [-0.15, -0.1) is 0 Å². The molecule has 5 heteroatoms. The molecule has 2 N–H and O–H groups in total. The first-order chi connectivity index (χ1) is 13.3. The van der Waals surface area contributed by atoms with E-state index in [0.29, 0.717) is 47.6 Å². The number of ether oxygens (including phenoxy) is 1. The Balaban J connectivity index is 1.92. The number of hydrogen-bond acceptors (Lipinski definition) is 3. The van der Waals surface area contributed by atoms with Crippen LogP contribution in [0.4, 0.5) is 11.4 Å². The van der Waals surface area contributed by atoms with Gasteiger partial charge in [0.25, 0.3) is 5.91 Å². The average Bonchev–Trinajstić information content (AvgIpc) is 2.62. The van der Waals surface area contributed by atoms with Gasteiger partial charge < -0.3 is 15.4 Å². The lowest BCUT2D eigenvalue weighted by Crippen LogP contribution is -2.14. The van der Waals surface area contributed by atoms with Crippen LogP contribution in [-0.2, 0) is 4.79 Å². The molecule has 150 valence electrons. The molecule has 0 aromatic heterocycles. The molecule has 2 aromatic rings. The lowest BCUT2D eigenvalue weighted by atomic mass is 10.1. The highest BCUT2D eigenvalue weighted by Crippen LogP contribution is 2.18. The quantitative estimate of drug-likeness (QED) is 0.614. The van der Waals surface area contributed by atoms with Crippen LogP contribution in [0.25, 0.3) is 0 Å². The molecule has 0 aliphatic rings. The van der Waals surface area contributed by atoms with E-state index in [1.807, 2.05) is 26.0 Å². The van der Waals surface area contributed by atoms with Crippen LogP contribution in [0.5, 0.6) is 5.75 Å². The first kappa shape index (κ1) is 21.5. The molecule has 5 nitrogen and oxygen atoms in total. The van der Waals surface area contributed by atoms with Crippen LogP contribution in [0.15, 0.2) is 48.5 Å². The number of carbonyl (C=O) groups excluding carboxylic acids is 2. The molecular weight excluding hydrogens is 352 g/mol. The predicted octanol–water partition coefficient (Wildman–Crippen LogP) is 5.35. The molecule has 0 atom stereocenters. The molecule has 0 bridgehead atoms. The fourth-order valence-electron chi connectivity index (χ4n) is 2.56. The second-order valence-corrected chi connectivity index (χ2v) is 7.74. The summed E-state index contributed by atoms with van der Waals surface area (Å²) in [6.07, 6.45) is 1.45. The Morgan fingerprint density at radius 2 is 1.54 bits per heavy atom. The van der Waals surface area contributed by atoms with Crippen molar-refractivity contribution in [2.75, 3.05) is 17.2 Å². The van der Waals surface area contributed by atoms with Crippen molar-refractivity contribution in [2.24, 2.45) is 11.8 Å². The summed E-state index contributed by atoms with van der Waals surface area (Å²) in [5.41, 5.74) is 1.92. The van der Waals surface area contributed by atoms with E-state index in [9.17, 15) is 9.59 Å². The Morgan fingerprint density at radius 1 is 0.893 bits per heavy atom. The highest BCUT2D eigenvalue weighted by Gasteiger charge is 2.09. The highest BCUT2D eigenvalue weighted by molar-refractivity contribution is 6.04. The lowest BCUT2D eigenvalue weighted by molar-refractivity contribution is -0.116. The normalized spacial score (nSPS) is 10.8. The number of benzene rings is 2. The molecule has 0 aliphatic carbocycles. The third kappa shape index (κ3) is 7.43. The van der Waals surface area contributed by atoms with E-state index >= 15 is 0 Å². The Hall–Kier alpha value is -2.82. The van der Waals surface area contributed by atoms with Gasteiger partial charge in [0, 0.05) is 23.4 Å². The van der Waals surface area contributed by atoms with Gasteiger partial charge in [0.2, 0.25) is 5.91 Å². The Bertz CT molecular complexity index is 783. The van der Waals surface area contributed by atoms with Gasteiger partial charge in [0.15, 0.2) is 0 Å². The van der Waals surface area contributed by atoms with Crippen molar-refractivity contribution in [1.29, 1.82) is 0 Å². The fraction of sp³-hybridized carbons (Fsp3) is 0.391. The van der Waals surface area contributed by atoms with Crippen molar-refractivity contribution in [1.82, 2.24) is 0 Å². The number of hydrogen-bond donors (Lipinski definition) is 2. The van der Waals surface area contributed by atoms with Gasteiger partial charge in [-0.3, -0.25) is 9.59 Å². The van der Waals surface area contributed by atoms with Crippen molar-refractivity contribution >= 4 is 23.2 Å². The van der Waals surface area contributed by atoms with E-state index in [4.69, 9.17) is 4.74 Å². The fourth-order valence-corrected chi connectivity index (χ4v) is 2.56. The number of carbonyl (C=O) groups is 2. The van der Waals surface area contributed by atoms with Gasteiger partial charge in [-0.1, -0.05) is 33.8 Å². The SMILES string of the molecule is CC(C)CCOc1cccc(C(=O)Nc2ccc(NC(=O)CC(C)C)cc2)c1. The van der Waals surface area contributed by atoms with E-state index in [0.717, 1.165) is 6.42 Å². The van der Waals surface area contributed by atoms with Gasteiger partial charge in [0.1, 0.15) is 5.75 Å². The second-order valence-electron chi connectivity index (χ2n) is 7.74. The van der Waals surface area contributed by atoms with E-state index in [2.05, 4.69) is 24.5 Å². The van der Waals surface area contributed by atoms with E-state index in [-0.39, 0.29) is 11.8 Å². The molecule has 28 heavy (non-hydrogen) atoms. The minimum Gasteiger partial charge on any atom is -0.494 e. The molecule has 2 amide bonds. The number of rotatable bonds is 9. The van der Waals surface area contributed by atoms with E-state index in [1.165, 1.54) is 0 Å². The van der Waals surface area contributed by atoms with Crippen LogP contribution >= 0.6 is 0 Å². The minimum absolute atomic E-state index is 0.0129. The summed E-state index contributed by atoms with van der Waals surface area (Å²) in [5, 5.41) is 5.72. The Morgan fingerprint density at radius 3 is 2.14 bits per heavy atom. The van der Waals surface area contributed by atoms with Crippen LogP contribution < -0.4 is 15.4 Å². The van der Waals surface area contributed by atoms with Crippen molar-refractivity contribution in [3.8, 4) is 5.75 Å². The zero-order chi connectivity index (χ0) is 20.5. The molecule has 0 saturated heterocycles. The summed E-state index contributed by atoms with van der Waals surface area (Å²) in [5.74, 6) is 1.36. The lowest BCUT2D eigenvalue weighted by Gasteiger charge is -2.11. The van der Waals surface area contributed by atoms with E-state index < -0.39 is 0 Å². The van der Waals surface area contributed by atoms with Crippen molar-refractivity contribution < 1.29 is 14.3 Å². The second kappa shape index (κ2) is 10.5. The standard InChI is InChI=1S/C23H30N2O3/c1-16(2)12-13-28-21-7-5-6-18(15-21)23(27)25-20-10-8-19(9-11-20)24-22(26)14-17(3)4/h5-11,15-17H,12-14H2,1-4H3,(H,24,26)(H,25,27). The van der Waals surface area contributed by atoms with Gasteiger partial charge >= 0.3 is 0 Å². The number of anilines is 2. The van der Waals surface area contributed by atoms with Gasteiger partial charge in [-0.25, -0.2) is 0 Å². The molecule has 0 fully saturated rings. The first-order valence-electron chi connectivity index (χ1n) is 9.77. The van der Waals surface area contributed by atoms with Gasteiger partial charge in [-0.05, 0) is 60.7 Å². The maximum Gasteiger partial charge on any atom is 0.255 e. The van der Waals surface area contributed by atoms with Crippen LogP contribution in [0.1, 0.15) is 50.9 Å². The molecule has 0 heterocycles. The summed E-state index contributed by atoms with van der Waals surface area (Å²) in [6, 6.07) is 14.3. The molecule has 0 radical (unpaired) electrons. The third-order valence-electron chi connectivity index (χ3n) is 4.08. The number of amides is 2. The molecule has 0 spiro atoms. The van der Waals surface area contributed by atoms with Crippen molar-refractivity contribution in [3.05, 3.63) is 54.1 Å². The zero-order valence-corrected chi connectivity index (χ0v) is 17.1. The Labute approximate surface area is 167 Å². The van der Waals surface area contributed by atoms with Crippen LogP contribution in [0, 0.1) is 11.8 Å². The van der Waals surface area contributed by atoms with E-state index in [1.54, 1.807) is 36.4 Å². The molecule has 0 saturated carbocycles. The predicted molar refractivity (Wildman–Crippen MR) is 114 cm³/mol. The van der Waals surface area contributed by atoms with Gasteiger partial charge in [-0.2, -0.15) is 0 Å². The largest absolute Gasteiger partial charge is 0.494 e. The zero-order valence-electron chi connectivity index (χ0n) is 17.1. The molecule has 2 aromatic carbocycles. The molecule has 0 unspecified atom stereocenters. The van der Waals surface area contributed by atoms with Crippen LogP contribution in [0.2, 0.25) is 0 Å². The smallest absolute Gasteiger partial charge is 0.255 e. The molecule has 0 aliphatic heterocycles. The maximum absolute atomic E-state index is 12.5.